The molecule has 1 aliphatic rings. The van der Waals surface area contributed by atoms with Crippen LogP contribution in [-0.4, -0.2) is 45.8 Å². The topological polar surface area (TPSA) is 85.0 Å². The minimum atomic E-state index is 0.143. The lowest BCUT2D eigenvalue weighted by Gasteiger charge is -2.22. The van der Waals surface area contributed by atoms with Gasteiger partial charge in [-0.2, -0.15) is 9.97 Å². The Morgan fingerprint density at radius 1 is 1.42 bits per heavy atom. The number of fused-ring (bicyclic) bond motifs is 1. The van der Waals surface area contributed by atoms with Crippen molar-refractivity contribution in [1.29, 1.82) is 0 Å². The number of imidazole rings is 1. The molecular formula is C12H17N5O2. The first-order valence-electron chi connectivity index (χ1n) is 6.56. The van der Waals surface area contributed by atoms with Gasteiger partial charge >= 0.3 is 0 Å². The molecule has 0 radical (unpaired) electrons. The Kier molecular flexibility index (Phi) is 3.45. The molecule has 0 amide bonds. The molecule has 0 aliphatic carbocycles. The molecule has 7 nitrogen and oxygen atoms in total. The number of aromatic amines is 1. The van der Waals surface area contributed by atoms with Crippen LogP contribution in [0.15, 0.2) is 6.33 Å². The lowest BCUT2D eigenvalue weighted by molar-refractivity contribution is 0.0244. The van der Waals surface area contributed by atoms with Gasteiger partial charge in [-0.1, -0.05) is 0 Å². The molecule has 0 unspecified atom stereocenters. The third kappa shape index (κ3) is 2.60. The van der Waals surface area contributed by atoms with E-state index in [9.17, 15) is 0 Å². The number of nitrogens with zero attached hydrogens (tertiary/aromatic N) is 3. The average Bonchev–Trinajstić information content (AvgIpc) is 2.89. The first kappa shape index (κ1) is 12.2. The summed E-state index contributed by atoms with van der Waals surface area (Å²) in [6.07, 6.45) is 3.52. The molecule has 3 heterocycles. The van der Waals surface area contributed by atoms with Gasteiger partial charge in [0.25, 0.3) is 0 Å². The Bertz CT molecular complexity index is 550. The standard InChI is InChI=1S/C12H17N5O2/c1-2-13-12-16-10-9(14-7-15-10)11(17-12)19-8-3-5-18-6-4-8/h7-8H,2-6H2,1H3,(H2,13,14,15,16,17). The molecule has 2 aromatic rings. The number of aromatic nitrogens is 4. The van der Waals surface area contributed by atoms with Crippen molar-refractivity contribution in [2.45, 2.75) is 25.9 Å². The first-order chi connectivity index (χ1) is 9.36. The third-order valence-electron chi connectivity index (χ3n) is 3.03. The summed E-state index contributed by atoms with van der Waals surface area (Å²) in [6, 6.07) is 0. The van der Waals surface area contributed by atoms with E-state index in [0.29, 0.717) is 17.5 Å². The molecule has 0 atom stereocenters. The van der Waals surface area contributed by atoms with Gasteiger partial charge < -0.3 is 19.8 Å². The van der Waals surface area contributed by atoms with Gasteiger partial charge in [0.1, 0.15) is 11.6 Å². The second-order valence-electron chi connectivity index (χ2n) is 4.41. The van der Waals surface area contributed by atoms with E-state index >= 15 is 0 Å². The van der Waals surface area contributed by atoms with Crippen LogP contribution in [0.4, 0.5) is 5.95 Å². The largest absolute Gasteiger partial charge is 0.473 e. The van der Waals surface area contributed by atoms with Crippen LogP contribution in [-0.2, 0) is 4.74 Å². The highest BCUT2D eigenvalue weighted by atomic mass is 16.5. The summed E-state index contributed by atoms with van der Waals surface area (Å²) in [7, 11) is 0. The van der Waals surface area contributed by atoms with E-state index in [0.717, 1.165) is 38.1 Å². The Hall–Kier alpha value is -1.89. The zero-order chi connectivity index (χ0) is 13.1. The second-order valence-corrected chi connectivity index (χ2v) is 4.41. The van der Waals surface area contributed by atoms with Crippen LogP contribution in [0.25, 0.3) is 11.2 Å². The highest BCUT2D eigenvalue weighted by molar-refractivity contribution is 5.76. The molecule has 19 heavy (non-hydrogen) atoms. The highest BCUT2D eigenvalue weighted by Gasteiger charge is 2.19. The van der Waals surface area contributed by atoms with Gasteiger partial charge in [0.15, 0.2) is 5.65 Å². The van der Waals surface area contributed by atoms with Crippen molar-refractivity contribution in [1.82, 2.24) is 19.9 Å². The van der Waals surface area contributed by atoms with Crippen LogP contribution in [0.5, 0.6) is 5.88 Å². The van der Waals surface area contributed by atoms with E-state index in [1.165, 1.54) is 0 Å². The van der Waals surface area contributed by atoms with Crippen molar-refractivity contribution >= 4 is 17.1 Å². The second kappa shape index (κ2) is 5.40. The smallest absolute Gasteiger partial charge is 0.245 e. The lowest BCUT2D eigenvalue weighted by Crippen LogP contribution is -2.26. The van der Waals surface area contributed by atoms with E-state index in [1.807, 2.05) is 6.92 Å². The van der Waals surface area contributed by atoms with Crippen molar-refractivity contribution in [2.75, 3.05) is 25.1 Å². The summed E-state index contributed by atoms with van der Waals surface area (Å²) in [6.45, 7) is 4.23. The quantitative estimate of drug-likeness (QED) is 0.866. The van der Waals surface area contributed by atoms with E-state index in [2.05, 4.69) is 25.3 Å². The van der Waals surface area contributed by atoms with Gasteiger partial charge in [-0.3, -0.25) is 0 Å². The fraction of sp³-hybridized carbons (Fsp3) is 0.583. The van der Waals surface area contributed by atoms with Crippen molar-refractivity contribution in [2.24, 2.45) is 0 Å². The minimum Gasteiger partial charge on any atom is -0.473 e. The number of nitrogens with one attached hydrogen (secondary N) is 2. The molecule has 0 bridgehead atoms. The number of ether oxygens (including phenoxy) is 2. The van der Waals surface area contributed by atoms with Gasteiger partial charge in [-0.05, 0) is 6.92 Å². The summed E-state index contributed by atoms with van der Waals surface area (Å²) in [5.74, 6) is 1.11. The zero-order valence-electron chi connectivity index (χ0n) is 10.8. The lowest BCUT2D eigenvalue weighted by atomic mass is 10.1. The molecule has 1 aliphatic heterocycles. The number of rotatable bonds is 4. The Morgan fingerprint density at radius 2 is 2.26 bits per heavy atom. The van der Waals surface area contributed by atoms with Gasteiger partial charge in [-0.25, -0.2) is 4.98 Å². The molecule has 1 saturated heterocycles. The maximum Gasteiger partial charge on any atom is 0.245 e. The Morgan fingerprint density at radius 3 is 3.05 bits per heavy atom. The number of H-pyrrole nitrogens is 1. The van der Waals surface area contributed by atoms with Crippen LogP contribution in [0.1, 0.15) is 19.8 Å². The van der Waals surface area contributed by atoms with E-state index in [1.54, 1.807) is 6.33 Å². The predicted molar refractivity (Wildman–Crippen MR) is 70.3 cm³/mol. The van der Waals surface area contributed by atoms with Crippen LogP contribution < -0.4 is 10.1 Å². The molecular weight excluding hydrogens is 246 g/mol. The third-order valence-corrected chi connectivity index (χ3v) is 3.03. The molecule has 2 aromatic heterocycles. The van der Waals surface area contributed by atoms with E-state index in [4.69, 9.17) is 9.47 Å². The summed E-state index contributed by atoms with van der Waals surface area (Å²) in [5, 5.41) is 3.09. The Labute approximate surface area is 110 Å². The van der Waals surface area contributed by atoms with Gasteiger partial charge in [0, 0.05) is 19.4 Å². The molecule has 0 aromatic carbocycles. The number of hydrogen-bond donors (Lipinski definition) is 2. The monoisotopic (exact) mass is 263 g/mol. The first-order valence-corrected chi connectivity index (χ1v) is 6.56. The minimum absolute atomic E-state index is 0.143. The van der Waals surface area contributed by atoms with Crippen molar-refractivity contribution < 1.29 is 9.47 Å². The predicted octanol–water partition coefficient (Wildman–Crippen LogP) is 1.34. The van der Waals surface area contributed by atoms with Crippen LogP contribution in [0, 0.1) is 0 Å². The zero-order valence-corrected chi connectivity index (χ0v) is 10.8. The Balaban J connectivity index is 1.88. The fourth-order valence-electron chi connectivity index (χ4n) is 2.08. The van der Waals surface area contributed by atoms with Crippen LogP contribution >= 0.6 is 0 Å². The van der Waals surface area contributed by atoms with Gasteiger partial charge in [-0.15, -0.1) is 0 Å². The molecule has 0 spiro atoms. The SMILES string of the molecule is CCNc1nc(OC2CCOCC2)c2[nH]cnc2n1. The average molecular weight is 263 g/mol. The van der Waals surface area contributed by atoms with Gasteiger partial charge in [0.05, 0.1) is 19.5 Å². The molecule has 3 rings (SSSR count). The normalized spacial score (nSPS) is 16.7. The summed E-state index contributed by atoms with van der Waals surface area (Å²) in [5.41, 5.74) is 1.36. The van der Waals surface area contributed by atoms with Crippen molar-refractivity contribution in [3.05, 3.63) is 6.33 Å². The summed E-state index contributed by atoms with van der Waals surface area (Å²) >= 11 is 0. The maximum absolute atomic E-state index is 5.97. The number of anilines is 1. The molecule has 2 N–H and O–H groups in total. The molecule has 7 heteroatoms. The van der Waals surface area contributed by atoms with Crippen molar-refractivity contribution in [3.63, 3.8) is 0 Å². The maximum atomic E-state index is 5.97. The molecule has 0 saturated carbocycles. The van der Waals surface area contributed by atoms with E-state index < -0.39 is 0 Å². The summed E-state index contributed by atoms with van der Waals surface area (Å²) in [4.78, 5) is 15.9. The van der Waals surface area contributed by atoms with Crippen LogP contribution in [0.2, 0.25) is 0 Å². The van der Waals surface area contributed by atoms with Crippen LogP contribution in [0.3, 0.4) is 0 Å². The fourth-order valence-corrected chi connectivity index (χ4v) is 2.08. The van der Waals surface area contributed by atoms with Crippen molar-refractivity contribution in [3.8, 4) is 5.88 Å². The number of hydrogen-bond acceptors (Lipinski definition) is 6. The van der Waals surface area contributed by atoms with Gasteiger partial charge in [0.2, 0.25) is 11.8 Å². The highest BCUT2D eigenvalue weighted by Crippen LogP contribution is 2.24. The molecule has 1 fully saturated rings. The molecule has 102 valence electrons. The summed E-state index contributed by atoms with van der Waals surface area (Å²) < 4.78 is 11.3. The van der Waals surface area contributed by atoms with E-state index in [-0.39, 0.29) is 6.10 Å².